The fourth-order valence-electron chi connectivity index (χ4n) is 3.95. The van der Waals surface area contributed by atoms with Crippen molar-refractivity contribution in [3.05, 3.63) is 11.9 Å². The van der Waals surface area contributed by atoms with Gasteiger partial charge in [0.15, 0.2) is 0 Å². The van der Waals surface area contributed by atoms with Crippen LogP contribution in [0.1, 0.15) is 31.5 Å². The summed E-state index contributed by atoms with van der Waals surface area (Å²) in [4.78, 5) is 33.1. The summed E-state index contributed by atoms with van der Waals surface area (Å²) < 4.78 is 15.0. The van der Waals surface area contributed by atoms with Crippen LogP contribution < -0.4 is 4.57 Å². The van der Waals surface area contributed by atoms with Crippen molar-refractivity contribution in [2.45, 2.75) is 45.4 Å². The number of carbonyl (C=O) groups excluding carboxylic acids is 2. The minimum Gasteiger partial charge on any atom is -0.380 e. The molecular weight excluding hydrogens is 350 g/mol. The van der Waals surface area contributed by atoms with Gasteiger partial charge in [-0.2, -0.15) is 0 Å². The van der Waals surface area contributed by atoms with Crippen LogP contribution in [0, 0.1) is 6.92 Å². The molecule has 0 N–H and O–H groups in total. The minimum absolute atomic E-state index is 0.168. The predicted molar refractivity (Wildman–Crippen MR) is 95.8 cm³/mol. The number of amides is 3. The fourth-order valence-corrected chi connectivity index (χ4v) is 3.95. The average Bonchev–Trinajstić information content (AvgIpc) is 3.34. The lowest BCUT2D eigenvalue weighted by Crippen LogP contribution is -2.63. The second kappa shape index (κ2) is 7.05. The maximum Gasteiger partial charge on any atom is 0.402 e. The summed E-state index contributed by atoms with van der Waals surface area (Å²) in [5.74, 6) is 0.922. The van der Waals surface area contributed by atoms with Crippen LogP contribution in [0.25, 0.3) is 0 Å². The molecule has 146 valence electrons. The highest BCUT2D eigenvalue weighted by Gasteiger charge is 2.53. The van der Waals surface area contributed by atoms with E-state index in [9.17, 15) is 9.59 Å². The molecule has 3 aliphatic heterocycles. The zero-order valence-corrected chi connectivity index (χ0v) is 16.1. The lowest BCUT2D eigenvalue weighted by molar-refractivity contribution is -0.677. The number of hydrogen-bond acceptors (Lipinski definition) is 5. The van der Waals surface area contributed by atoms with Crippen molar-refractivity contribution in [3.8, 4) is 0 Å². The van der Waals surface area contributed by atoms with Crippen LogP contribution in [0.15, 0.2) is 11.2 Å². The molecule has 4 rings (SSSR count). The molecule has 27 heavy (non-hydrogen) atoms. The van der Waals surface area contributed by atoms with Gasteiger partial charge in [-0.3, -0.25) is 14.6 Å². The summed E-state index contributed by atoms with van der Waals surface area (Å²) in [6.45, 7) is 6.51. The Labute approximate surface area is 158 Å². The standard InChI is InChI=1S/C18H26N5O4/c1-4-26-9-7-21-16(24)14-15(20(3)18(21)25)19-17-22(12(2)10-23(14)17)11-13-6-5-8-27-13/h10,13-14H,4-9,11H2,1-3H3/q+1. The number of aromatic nitrogens is 2. The van der Waals surface area contributed by atoms with Crippen molar-refractivity contribution in [2.24, 2.45) is 4.99 Å². The predicted octanol–water partition coefficient (Wildman–Crippen LogP) is 0.778. The van der Waals surface area contributed by atoms with Gasteiger partial charge >= 0.3 is 12.0 Å². The van der Waals surface area contributed by atoms with Gasteiger partial charge in [-0.1, -0.05) is 4.99 Å². The molecule has 2 fully saturated rings. The van der Waals surface area contributed by atoms with E-state index in [4.69, 9.17) is 9.47 Å². The highest BCUT2D eigenvalue weighted by Crippen LogP contribution is 2.30. The monoisotopic (exact) mass is 376 g/mol. The highest BCUT2D eigenvalue weighted by molar-refractivity contribution is 6.19. The van der Waals surface area contributed by atoms with Gasteiger partial charge in [0.2, 0.25) is 11.9 Å². The molecule has 0 bridgehead atoms. The van der Waals surface area contributed by atoms with Gasteiger partial charge in [0, 0.05) is 20.3 Å². The quantitative estimate of drug-likeness (QED) is 0.543. The number of fused-ring (bicyclic) bond motifs is 3. The van der Waals surface area contributed by atoms with Gasteiger partial charge in [-0.25, -0.2) is 13.9 Å². The highest BCUT2D eigenvalue weighted by atomic mass is 16.5. The van der Waals surface area contributed by atoms with E-state index in [0.717, 1.165) is 25.1 Å². The van der Waals surface area contributed by atoms with Crippen LogP contribution in [0.4, 0.5) is 10.7 Å². The summed E-state index contributed by atoms with van der Waals surface area (Å²) in [6.07, 6.45) is 4.20. The van der Waals surface area contributed by atoms with Crippen molar-refractivity contribution in [3.63, 3.8) is 0 Å². The first-order valence-electron chi connectivity index (χ1n) is 9.51. The normalized spacial score (nSPS) is 24.5. The number of urea groups is 1. The molecule has 3 aliphatic rings. The maximum atomic E-state index is 13.1. The van der Waals surface area contributed by atoms with E-state index in [1.165, 1.54) is 9.80 Å². The van der Waals surface area contributed by atoms with Crippen molar-refractivity contribution < 1.29 is 23.6 Å². The lowest BCUT2D eigenvalue weighted by Gasteiger charge is -2.32. The molecule has 0 saturated carbocycles. The molecule has 4 heterocycles. The van der Waals surface area contributed by atoms with Crippen molar-refractivity contribution >= 4 is 23.7 Å². The molecule has 0 aromatic carbocycles. The number of carbonyl (C=O) groups is 2. The molecule has 2 saturated heterocycles. The van der Waals surface area contributed by atoms with E-state index in [2.05, 4.69) is 9.56 Å². The van der Waals surface area contributed by atoms with Crippen LogP contribution in [0.2, 0.25) is 0 Å². The van der Waals surface area contributed by atoms with Crippen LogP contribution in [0.3, 0.4) is 0 Å². The molecule has 1 aromatic rings. The van der Waals surface area contributed by atoms with Gasteiger partial charge in [-0.05, 0) is 26.7 Å². The van der Waals surface area contributed by atoms with Crippen LogP contribution in [-0.4, -0.2) is 71.7 Å². The molecule has 0 aliphatic carbocycles. The molecule has 2 unspecified atom stereocenters. The molecule has 0 radical (unpaired) electrons. The number of rotatable bonds is 6. The largest absolute Gasteiger partial charge is 0.402 e. The number of aliphatic imine (C=N–C) groups is 1. The molecule has 1 aromatic heterocycles. The third-order valence-electron chi connectivity index (χ3n) is 5.40. The maximum absolute atomic E-state index is 13.1. The second-order valence-electron chi connectivity index (χ2n) is 7.12. The van der Waals surface area contributed by atoms with Crippen molar-refractivity contribution in [2.75, 3.05) is 33.4 Å². The first-order chi connectivity index (χ1) is 13.0. The molecular formula is C18H26N5O4+. The molecule has 2 atom stereocenters. The summed E-state index contributed by atoms with van der Waals surface area (Å²) >= 11 is 0. The second-order valence-corrected chi connectivity index (χ2v) is 7.12. The average molecular weight is 376 g/mol. The number of imidazole rings is 1. The summed E-state index contributed by atoms with van der Waals surface area (Å²) in [7, 11) is 1.66. The van der Waals surface area contributed by atoms with Gasteiger partial charge in [0.1, 0.15) is 11.9 Å². The SMILES string of the molecule is CCOCCN1C(=O)C2C(=Nc3n(CC4CCCO4)c(C)c[n+]32)N(C)C1=O. The van der Waals surface area contributed by atoms with E-state index in [1.807, 2.05) is 24.6 Å². The van der Waals surface area contributed by atoms with E-state index in [-0.39, 0.29) is 24.6 Å². The minimum atomic E-state index is -0.603. The number of nitrogens with zero attached hydrogens (tertiary/aromatic N) is 5. The van der Waals surface area contributed by atoms with E-state index in [1.54, 1.807) is 7.05 Å². The van der Waals surface area contributed by atoms with Crippen LogP contribution in [0.5, 0.6) is 0 Å². The summed E-state index contributed by atoms with van der Waals surface area (Å²) in [5.41, 5.74) is 1.02. The number of aryl methyl sites for hydroxylation is 1. The Morgan fingerprint density at radius 2 is 2.22 bits per heavy atom. The number of likely N-dealkylation sites (N-methyl/N-ethyl adjacent to an activating group) is 1. The van der Waals surface area contributed by atoms with E-state index < -0.39 is 6.04 Å². The first-order valence-corrected chi connectivity index (χ1v) is 9.51. The number of ether oxygens (including phenoxy) is 2. The van der Waals surface area contributed by atoms with Crippen LogP contribution >= 0.6 is 0 Å². The fraction of sp³-hybridized carbons (Fsp3) is 0.667. The number of hydrogen-bond donors (Lipinski definition) is 0. The third-order valence-corrected chi connectivity index (χ3v) is 5.40. The smallest absolute Gasteiger partial charge is 0.380 e. The topological polar surface area (TPSA) is 80.2 Å². The summed E-state index contributed by atoms with van der Waals surface area (Å²) in [5, 5.41) is 0. The molecule has 9 heteroatoms. The number of amidine groups is 1. The summed E-state index contributed by atoms with van der Waals surface area (Å²) in [6, 6.07) is -0.961. The Kier molecular flexibility index (Phi) is 4.73. The van der Waals surface area contributed by atoms with Gasteiger partial charge < -0.3 is 9.47 Å². The van der Waals surface area contributed by atoms with Gasteiger partial charge in [-0.15, -0.1) is 0 Å². The molecule has 3 amide bonds. The Hall–Kier alpha value is -2.26. The number of imide groups is 1. The zero-order valence-electron chi connectivity index (χ0n) is 16.1. The van der Waals surface area contributed by atoms with Gasteiger partial charge in [0.25, 0.3) is 5.91 Å². The van der Waals surface area contributed by atoms with Crippen molar-refractivity contribution in [1.29, 1.82) is 0 Å². The van der Waals surface area contributed by atoms with E-state index in [0.29, 0.717) is 31.5 Å². The van der Waals surface area contributed by atoms with E-state index >= 15 is 0 Å². The van der Waals surface area contributed by atoms with Crippen molar-refractivity contribution in [1.82, 2.24) is 14.4 Å². The molecule has 0 spiro atoms. The molecule has 9 nitrogen and oxygen atoms in total. The lowest BCUT2D eigenvalue weighted by atomic mass is 10.1. The Bertz CT molecular complexity index is 796. The Morgan fingerprint density at radius 1 is 1.41 bits per heavy atom. The Balaban J connectivity index is 1.64. The Morgan fingerprint density at radius 3 is 2.93 bits per heavy atom. The zero-order chi connectivity index (χ0) is 19.1. The van der Waals surface area contributed by atoms with Crippen LogP contribution in [-0.2, 0) is 20.8 Å². The third kappa shape index (κ3) is 2.94. The first kappa shape index (κ1) is 18.1. The van der Waals surface area contributed by atoms with Gasteiger partial charge in [0.05, 0.1) is 25.8 Å².